The van der Waals surface area contributed by atoms with Crippen LogP contribution in [0.4, 0.5) is 5.69 Å². The van der Waals surface area contributed by atoms with Crippen molar-refractivity contribution in [2.24, 2.45) is 0 Å². The Morgan fingerprint density at radius 1 is 1.26 bits per heavy atom. The molecule has 4 rings (SSSR count). The number of aryl methyl sites for hydroxylation is 1. The van der Waals surface area contributed by atoms with Crippen LogP contribution in [0, 0.1) is 13.8 Å². The van der Waals surface area contributed by atoms with E-state index in [1.165, 1.54) is 11.8 Å². The number of anilines is 1. The standard InChI is InChI=1S/C23H21ClN4O2S/c1-4-10-28-22(20-12-16-11-17(24)8-9-19(16)30-20)26-27-23(28)31-13-21(29)25-18-7-5-6-14(2)15(18)3/h4-9,11-12H,1,10,13H2,2-3H3,(H,25,29). The van der Waals surface area contributed by atoms with Crippen molar-refractivity contribution in [1.29, 1.82) is 0 Å². The Hall–Kier alpha value is -3.03. The van der Waals surface area contributed by atoms with Gasteiger partial charge in [0, 0.05) is 22.6 Å². The van der Waals surface area contributed by atoms with Gasteiger partial charge in [0.15, 0.2) is 10.9 Å². The number of nitrogens with one attached hydrogen (secondary N) is 1. The highest BCUT2D eigenvalue weighted by molar-refractivity contribution is 7.99. The number of hydrogen-bond acceptors (Lipinski definition) is 5. The SMILES string of the molecule is C=CCn1c(SCC(=O)Nc2cccc(C)c2C)nnc1-c1cc2cc(Cl)ccc2o1. The van der Waals surface area contributed by atoms with E-state index in [4.69, 9.17) is 16.0 Å². The van der Waals surface area contributed by atoms with Crippen LogP contribution in [0.1, 0.15) is 11.1 Å². The zero-order chi connectivity index (χ0) is 22.0. The van der Waals surface area contributed by atoms with Crippen molar-refractivity contribution >= 4 is 45.9 Å². The number of nitrogens with zero attached hydrogens (tertiary/aromatic N) is 3. The molecule has 2 aromatic heterocycles. The highest BCUT2D eigenvalue weighted by Crippen LogP contribution is 2.31. The van der Waals surface area contributed by atoms with E-state index in [2.05, 4.69) is 22.1 Å². The first-order valence-electron chi connectivity index (χ1n) is 9.68. The summed E-state index contributed by atoms with van der Waals surface area (Å²) in [6.45, 7) is 8.32. The minimum atomic E-state index is -0.105. The molecule has 0 aliphatic carbocycles. The second kappa shape index (κ2) is 8.99. The van der Waals surface area contributed by atoms with Gasteiger partial charge in [0.05, 0.1) is 5.75 Å². The van der Waals surface area contributed by atoms with Crippen LogP contribution in [-0.4, -0.2) is 26.4 Å². The molecule has 2 aromatic carbocycles. The molecule has 0 radical (unpaired) electrons. The van der Waals surface area contributed by atoms with Gasteiger partial charge in [-0.25, -0.2) is 0 Å². The van der Waals surface area contributed by atoms with Crippen LogP contribution >= 0.6 is 23.4 Å². The predicted molar refractivity (Wildman–Crippen MR) is 126 cm³/mol. The number of amides is 1. The number of aromatic nitrogens is 3. The third-order valence-electron chi connectivity index (χ3n) is 4.94. The first-order valence-corrected chi connectivity index (χ1v) is 11.0. The molecule has 0 atom stereocenters. The summed E-state index contributed by atoms with van der Waals surface area (Å²) in [5.41, 5.74) is 3.73. The molecular weight excluding hydrogens is 432 g/mol. The van der Waals surface area contributed by atoms with Gasteiger partial charge >= 0.3 is 0 Å². The normalized spacial score (nSPS) is 11.1. The summed E-state index contributed by atoms with van der Waals surface area (Å²) in [7, 11) is 0. The second-order valence-electron chi connectivity index (χ2n) is 7.08. The molecule has 0 saturated carbocycles. The molecule has 31 heavy (non-hydrogen) atoms. The number of benzene rings is 2. The molecule has 0 fully saturated rings. The van der Waals surface area contributed by atoms with Crippen LogP contribution in [-0.2, 0) is 11.3 Å². The predicted octanol–water partition coefficient (Wildman–Crippen LogP) is 5.88. The van der Waals surface area contributed by atoms with Gasteiger partial charge in [-0.1, -0.05) is 41.6 Å². The fourth-order valence-electron chi connectivity index (χ4n) is 3.20. The Bertz CT molecular complexity index is 1280. The summed E-state index contributed by atoms with van der Waals surface area (Å²) in [5.74, 6) is 1.26. The van der Waals surface area contributed by atoms with Crippen molar-refractivity contribution in [3.8, 4) is 11.6 Å². The van der Waals surface area contributed by atoms with Crippen molar-refractivity contribution in [2.75, 3.05) is 11.1 Å². The number of furan rings is 1. The maximum atomic E-state index is 12.5. The Labute approximate surface area is 189 Å². The monoisotopic (exact) mass is 452 g/mol. The fourth-order valence-corrected chi connectivity index (χ4v) is 4.13. The van der Waals surface area contributed by atoms with E-state index < -0.39 is 0 Å². The summed E-state index contributed by atoms with van der Waals surface area (Å²) >= 11 is 7.39. The summed E-state index contributed by atoms with van der Waals surface area (Å²) in [6, 6.07) is 13.2. The van der Waals surface area contributed by atoms with Crippen LogP contribution in [0.5, 0.6) is 0 Å². The third kappa shape index (κ3) is 4.52. The number of thioether (sulfide) groups is 1. The van der Waals surface area contributed by atoms with Gasteiger partial charge in [-0.05, 0) is 55.3 Å². The molecule has 1 N–H and O–H groups in total. The highest BCUT2D eigenvalue weighted by Gasteiger charge is 2.18. The Kier molecular flexibility index (Phi) is 6.15. The molecule has 0 spiro atoms. The number of halogens is 1. The van der Waals surface area contributed by atoms with Crippen molar-refractivity contribution in [2.45, 2.75) is 25.5 Å². The largest absolute Gasteiger partial charge is 0.453 e. The molecule has 2 heterocycles. The summed E-state index contributed by atoms with van der Waals surface area (Å²) in [4.78, 5) is 12.5. The lowest BCUT2D eigenvalue weighted by molar-refractivity contribution is -0.113. The Morgan fingerprint density at radius 2 is 2.10 bits per heavy atom. The Morgan fingerprint density at radius 3 is 2.90 bits per heavy atom. The summed E-state index contributed by atoms with van der Waals surface area (Å²) in [5, 5.41) is 13.7. The van der Waals surface area contributed by atoms with Gasteiger partial charge in [0.25, 0.3) is 0 Å². The zero-order valence-corrected chi connectivity index (χ0v) is 18.8. The first kappa shape index (κ1) is 21.2. The van der Waals surface area contributed by atoms with E-state index >= 15 is 0 Å². The van der Waals surface area contributed by atoms with E-state index in [1.54, 1.807) is 12.1 Å². The van der Waals surface area contributed by atoms with Crippen molar-refractivity contribution in [3.63, 3.8) is 0 Å². The molecule has 0 aliphatic rings. The van der Waals surface area contributed by atoms with Gasteiger partial charge in [-0.2, -0.15) is 0 Å². The van der Waals surface area contributed by atoms with E-state index in [1.807, 2.05) is 54.8 Å². The molecular formula is C23H21ClN4O2S. The number of fused-ring (bicyclic) bond motifs is 1. The number of rotatable bonds is 7. The van der Waals surface area contributed by atoms with Gasteiger partial charge in [-0.15, -0.1) is 16.8 Å². The maximum Gasteiger partial charge on any atom is 0.234 e. The third-order valence-corrected chi connectivity index (χ3v) is 6.14. The van der Waals surface area contributed by atoms with Gasteiger partial charge < -0.3 is 9.73 Å². The fraction of sp³-hybridized carbons (Fsp3) is 0.174. The van der Waals surface area contributed by atoms with Crippen LogP contribution in [0.25, 0.3) is 22.6 Å². The van der Waals surface area contributed by atoms with Crippen molar-refractivity contribution < 1.29 is 9.21 Å². The molecule has 0 unspecified atom stereocenters. The number of hydrogen-bond donors (Lipinski definition) is 1. The topological polar surface area (TPSA) is 73.0 Å². The van der Waals surface area contributed by atoms with Gasteiger partial charge in [-0.3, -0.25) is 9.36 Å². The lowest BCUT2D eigenvalue weighted by atomic mass is 10.1. The molecule has 4 aromatic rings. The summed E-state index contributed by atoms with van der Waals surface area (Å²) < 4.78 is 7.81. The number of allylic oxidation sites excluding steroid dienone is 1. The van der Waals surface area contributed by atoms with E-state index in [0.717, 1.165) is 27.8 Å². The number of carbonyl (C=O) groups excluding carboxylic acids is 1. The lowest BCUT2D eigenvalue weighted by Gasteiger charge is -2.10. The highest BCUT2D eigenvalue weighted by atomic mass is 35.5. The van der Waals surface area contributed by atoms with Crippen LogP contribution < -0.4 is 5.32 Å². The molecule has 1 amide bonds. The maximum absolute atomic E-state index is 12.5. The van der Waals surface area contributed by atoms with Gasteiger partial charge in [0.2, 0.25) is 11.7 Å². The van der Waals surface area contributed by atoms with Crippen LogP contribution in [0.3, 0.4) is 0 Å². The van der Waals surface area contributed by atoms with Crippen LogP contribution in [0.15, 0.2) is 64.7 Å². The molecule has 0 aliphatic heterocycles. The lowest BCUT2D eigenvalue weighted by Crippen LogP contribution is -2.15. The van der Waals surface area contributed by atoms with Crippen molar-refractivity contribution in [3.05, 3.63) is 71.3 Å². The Balaban J connectivity index is 1.53. The molecule has 6 nitrogen and oxygen atoms in total. The second-order valence-corrected chi connectivity index (χ2v) is 8.46. The quantitative estimate of drug-likeness (QED) is 0.280. The first-order chi connectivity index (χ1) is 15.0. The van der Waals surface area contributed by atoms with Gasteiger partial charge in [0.1, 0.15) is 5.58 Å². The smallest absolute Gasteiger partial charge is 0.234 e. The minimum absolute atomic E-state index is 0.105. The van der Waals surface area contributed by atoms with E-state index in [0.29, 0.717) is 28.3 Å². The zero-order valence-electron chi connectivity index (χ0n) is 17.2. The molecule has 8 heteroatoms. The average Bonchev–Trinajstić information content (AvgIpc) is 3.33. The summed E-state index contributed by atoms with van der Waals surface area (Å²) in [6.07, 6.45) is 1.76. The number of carbonyl (C=O) groups is 1. The molecule has 0 saturated heterocycles. The average molecular weight is 453 g/mol. The van der Waals surface area contributed by atoms with Crippen molar-refractivity contribution in [1.82, 2.24) is 14.8 Å². The van der Waals surface area contributed by atoms with E-state index in [9.17, 15) is 4.79 Å². The molecule has 0 bridgehead atoms. The van der Waals surface area contributed by atoms with E-state index in [-0.39, 0.29) is 11.7 Å². The minimum Gasteiger partial charge on any atom is -0.453 e. The molecule has 158 valence electrons. The van der Waals surface area contributed by atoms with Crippen LogP contribution in [0.2, 0.25) is 5.02 Å².